The number of thioether (sulfide) groups is 1. The summed E-state index contributed by atoms with van der Waals surface area (Å²) in [5.74, 6) is 0.339. The van der Waals surface area contributed by atoms with E-state index in [0.717, 1.165) is 17.0 Å². The molecule has 1 amide bonds. The van der Waals surface area contributed by atoms with E-state index < -0.39 is 5.82 Å². The maximum atomic E-state index is 14.2. The quantitative estimate of drug-likeness (QED) is 0.598. The van der Waals surface area contributed by atoms with E-state index in [4.69, 9.17) is 0 Å². The number of carbonyl (C=O) groups excluding carboxylic acids is 1. The third-order valence-electron chi connectivity index (χ3n) is 4.24. The lowest BCUT2D eigenvalue weighted by Gasteiger charge is -2.10. The highest BCUT2D eigenvalue weighted by atomic mass is 32.2. The summed E-state index contributed by atoms with van der Waals surface area (Å²) in [5.41, 5.74) is 1.99. The fraction of sp³-hybridized carbons (Fsp3) is 0.300. The van der Waals surface area contributed by atoms with Crippen LogP contribution < -0.4 is 5.32 Å². The zero-order valence-corrected chi connectivity index (χ0v) is 16.8. The molecule has 1 aromatic carbocycles. The van der Waals surface area contributed by atoms with Crippen molar-refractivity contribution in [2.45, 2.75) is 38.4 Å². The first-order chi connectivity index (χ1) is 13.5. The highest BCUT2D eigenvalue weighted by Crippen LogP contribution is 2.24. The van der Waals surface area contributed by atoms with Gasteiger partial charge in [-0.25, -0.2) is 4.39 Å². The van der Waals surface area contributed by atoms with E-state index in [1.807, 2.05) is 43.5 Å². The average Bonchev–Trinajstić information content (AvgIpc) is 3.11. The van der Waals surface area contributed by atoms with E-state index in [0.29, 0.717) is 11.7 Å². The summed E-state index contributed by atoms with van der Waals surface area (Å²) >= 11 is 1.27. The Kier molecular flexibility index (Phi) is 6.41. The Morgan fingerprint density at radius 3 is 2.61 bits per heavy atom. The minimum atomic E-state index is -0.429. The van der Waals surface area contributed by atoms with Crippen molar-refractivity contribution in [1.29, 1.82) is 0 Å². The van der Waals surface area contributed by atoms with Crippen molar-refractivity contribution in [1.82, 2.24) is 19.7 Å². The molecule has 8 heteroatoms. The lowest BCUT2D eigenvalue weighted by atomic mass is 10.0. The molecule has 0 unspecified atom stereocenters. The molecule has 0 fully saturated rings. The topological polar surface area (TPSA) is 72.7 Å². The molecule has 0 radical (unpaired) electrons. The molecule has 3 aromatic rings. The number of hydrogen-bond acceptors (Lipinski definition) is 5. The molecular formula is C20H22FN5OS. The number of rotatable bonds is 7. The third kappa shape index (κ3) is 4.56. The van der Waals surface area contributed by atoms with Crippen molar-refractivity contribution < 1.29 is 9.18 Å². The minimum Gasteiger partial charge on any atom is -0.323 e. The van der Waals surface area contributed by atoms with Crippen LogP contribution in [-0.4, -0.2) is 31.4 Å². The summed E-state index contributed by atoms with van der Waals surface area (Å²) in [5, 5.41) is 11.7. The maximum Gasteiger partial charge on any atom is 0.234 e. The molecule has 0 bridgehead atoms. The van der Waals surface area contributed by atoms with Crippen LogP contribution in [0.3, 0.4) is 0 Å². The summed E-state index contributed by atoms with van der Waals surface area (Å²) in [6.45, 7) is 6.64. The van der Waals surface area contributed by atoms with Crippen molar-refractivity contribution in [3.63, 3.8) is 0 Å². The van der Waals surface area contributed by atoms with Crippen LogP contribution in [0.5, 0.6) is 0 Å². The van der Waals surface area contributed by atoms with E-state index in [-0.39, 0.29) is 23.3 Å². The first kappa shape index (κ1) is 20.0. The Hall–Kier alpha value is -2.74. The first-order valence-electron chi connectivity index (χ1n) is 9.05. The second-order valence-electron chi connectivity index (χ2n) is 6.52. The van der Waals surface area contributed by atoms with E-state index in [2.05, 4.69) is 20.5 Å². The number of carbonyl (C=O) groups is 1. The van der Waals surface area contributed by atoms with E-state index in [1.54, 1.807) is 18.5 Å². The second kappa shape index (κ2) is 8.97. The molecule has 3 rings (SSSR count). The van der Waals surface area contributed by atoms with Crippen LogP contribution in [0.15, 0.2) is 47.9 Å². The molecule has 0 spiro atoms. The van der Waals surface area contributed by atoms with Crippen molar-refractivity contribution >= 4 is 23.4 Å². The van der Waals surface area contributed by atoms with Crippen molar-refractivity contribution in [2.75, 3.05) is 11.1 Å². The van der Waals surface area contributed by atoms with Crippen molar-refractivity contribution in [3.8, 4) is 11.4 Å². The molecule has 0 saturated carbocycles. The van der Waals surface area contributed by atoms with E-state index >= 15 is 0 Å². The summed E-state index contributed by atoms with van der Waals surface area (Å²) in [7, 11) is 0. The van der Waals surface area contributed by atoms with Gasteiger partial charge in [-0.15, -0.1) is 10.2 Å². The number of aromatic nitrogens is 4. The van der Waals surface area contributed by atoms with Crippen molar-refractivity contribution in [2.24, 2.45) is 0 Å². The Labute approximate surface area is 167 Å². The van der Waals surface area contributed by atoms with Gasteiger partial charge in [0.25, 0.3) is 0 Å². The van der Waals surface area contributed by atoms with Crippen molar-refractivity contribution in [3.05, 3.63) is 54.1 Å². The molecular weight excluding hydrogens is 377 g/mol. The summed E-state index contributed by atoms with van der Waals surface area (Å²) in [6, 6.07) is 8.61. The monoisotopic (exact) mass is 399 g/mol. The number of nitrogens with one attached hydrogen (secondary N) is 1. The van der Waals surface area contributed by atoms with Crippen LogP contribution in [0.1, 0.15) is 32.3 Å². The van der Waals surface area contributed by atoms with Gasteiger partial charge in [0.15, 0.2) is 11.0 Å². The van der Waals surface area contributed by atoms with Gasteiger partial charge in [-0.05, 0) is 42.7 Å². The molecule has 0 saturated heterocycles. The zero-order valence-electron chi connectivity index (χ0n) is 16.0. The normalized spacial score (nSPS) is 11.0. The SMILES string of the molecule is CCn1c(SCC(=O)Nc2ccc(C(C)C)cc2F)nnc1-c1ccncc1. The Morgan fingerprint density at radius 1 is 1.21 bits per heavy atom. The lowest BCUT2D eigenvalue weighted by Crippen LogP contribution is -2.15. The van der Waals surface area contributed by atoms with Gasteiger partial charge in [0.1, 0.15) is 5.82 Å². The van der Waals surface area contributed by atoms with Gasteiger partial charge in [0.05, 0.1) is 11.4 Å². The van der Waals surface area contributed by atoms with Gasteiger partial charge in [0, 0.05) is 24.5 Å². The van der Waals surface area contributed by atoms with Crippen LogP contribution in [0.25, 0.3) is 11.4 Å². The zero-order chi connectivity index (χ0) is 20.1. The van der Waals surface area contributed by atoms with Gasteiger partial charge in [-0.2, -0.15) is 0 Å². The molecule has 146 valence electrons. The number of halogens is 1. The predicted molar refractivity (Wildman–Crippen MR) is 109 cm³/mol. The Morgan fingerprint density at radius 2 is 1.96 bits per heavy atom. The third-order valence-corrected chi connectivity index (χ3v) is 5.20. The number of anilines is 1. The summed E-state index contributed by atoms with van der Waals surface area (Å²) in [6.07, 6.45) is 3.40. The average molecular weight is 399 g/mol. The molecule has 0 atom stereocenters. The van der Waals surface area contributed by atoms with Gasteiger partial charge >= 0.3 is 0 Å². The highest BCUT2D eigenvalue weighted by Gasteiger charge is 2.15. The number of nitrogens with zero attached hydrogens (tertiary/aromatic N) is 4. The molecule has 28 heavy (non-hydrogen) atoms. The molecule has 6 nitrogen and oxygen atoms in total. The first-order valence-corrected chi connectivity index (χ1v) is 10.0. The predicted octanol–water partition coefficient (Wildman–Crippen LogP) is 4.35. The molecule has 2 heterocycles. The summed E-state index contributed by atoms with van der Waals surface area (Å²) in [4.78, 5) is 16.3. The van der Waals surface area contributed by atoms with Gasteiger partial charge in [-0.3, -0.25) is 9.78 Å². The molecule has 0 aliphatic heterocycles. The fourth-order valence-corrected chi connectivity index (χ4v) is 3.51. The van der Waals surface area contributed by atoms with Gasteiger partial charge in [0.2, 0.25) is 5.91 Å². The van der Waals surface area contributed by atoms with E-state index in [9.17, 15) is 9.18 Å². The summed E-state index contributed by atoms with van der Waals surface area (Å²) < 4.78 is 16.1. The maximum absolute atomic E-state index is 14.2. The highest BCUT2D eigenvalue weighted by molar-refractivity contribution is 7.99. The van der Waals surface area contributed by atoms with Crippen LogP contribution in [0, 0.1) is 5.82 Å². The number of amides is 1. The van der Waals surface area contributed by atoms with Gasteiger partial charge < -0.3 is 9.88 Å². The van der Waals surface area contributed by atoms with Gasteiger partial charge in [-0.1, -0.05) is 31.7 Å². The minimum absolute atomic E-state index is 0.111. The Balaban J connectivity index is 1.66. The molecule has 2 aromatic heterocycles. The second-order valence-corrected chi connectivity index (χ2v) is 7.46. The van der Waals surface area contributed by atoms with Crippen LogP contribution >= 0.6 is 11.8 Å². The number of benzene rings is 1. The van der Waals surface area contributed by atoms with Crippen LogP contribution in [0.2, 0.25) is 0 Å². The van der Waals surface area contributed by atoms with Crippen LogP contribution in [-0.2, 0) is 11.3 Å². The van der Waals surface area contributed by atoms with E-state index in [1.165, 1.54) is 17.8 Å². The van der Waals surface area contributed by atoms with Crippen LogP contribution in [0.4, 0.5) is 10.1 Å². The number of hydrogen-bond donors (Lipinski definition) is 1. The molecule has 0 aliphatic carbocycles. The smallest absolute Gasteiger partial charge is 0.234 e. The number of pyridine rings is 1. The molecule has 1 N–H and O–H groups in total. The molecule has 0 aliphatic rings. The largest absolute Gasteiger partial charge is 0.323 e. The lowest BCUT2D eigenvalue weighted by molar-refractivity contribution is -0.113. The Bertz CT molecular complexity index is 958. The fourth-order valence-electron chi connectivity index (χ4n) is 2.70. The standard InChI is InChI=1S/C20H22FN5OS/c1-4-26-19(14-7-9-22-10-8-14)24-25-20(26)28-12-18(27)23-17-6-5-15(13(2)3)11-16(17)21/h5-11,13H,4,12H2,1-3H3,(H,23,27).